The highest BCUT2D eigenvalue weighted by atomic mass is 32.1. The molecule has 11 nitrogen and oxygen atoms in total. The quantitative estimate of drug-likeness (QED) is 0.267. The first-order valence-electron chi connectivity index (χ1n) is 15.5. The lowest BCUT2D eigenvalue weighted by Crippen LogP contribution is -2.35. The molecule has 1 saturated heterocycles. The van der Waals surface area contributed by atoms with Crippen LogP contribution in [0.2, 0.25) is 0 Å². The fourth-order valence-corrected chi connectivity index (χ4v) is 6.44. The van der Waals surface area contributed by atoms with Crippen molar-refractivity contribution in [3.05, 3.63) is 82.9 Å². The lowest BCUT2D eigenvalue weighted by Gasteiger charge is -2.22. The number of aryl methyl sites for hydroxylation is 1. The van der Waals surface area contributed by atoms with Crippen LogP contribution in [-0.4, -0.2) is 63.6 Å². The number of amides is 2. The number of pyridine rings is 1. The molecule has 6 rings (SSSR count). The SMILES string of the molecule is O=C1Nc2cn(C3CCOCC3)nc2C(=O)CC(CCNCc2ccccc2)C(=O)NCCCc2cc(ccn2)-c2nc1cs2. The molecule has 3 N–H and O–H groups in total. The normalized spacial score (nSPS) is 18.4. The Balaban J connectivity index is 1.27. The Morgan fingerprint density at radius 2 is 1.93 bits per heavy atom. The molecule has 45 heavy (non-hydrogen) atoms. The first-order valence-corrected chi connectivity index (χ1v) is 16.4. The standard InChI is InChI=1S/C33H37N7O4S/c41-29-18-23(8-13-34-19-22-5-2-1-3-6-22)31(42)36-12-4-7-25-17-24(9-14-35-25)33-38-28(21-45-33)32(43)37-27-20-40(39-30(27)29)26-10-15-44-16-11-26/h1-3,5-6,9,14,17,20-21,23,26,34H,4,7-8,10-13,15-16,18-19H2,(H,36,42)(H,37,43). The van der Waals surface area contributed by atoms with E-state index in [1.165, 1.54) is 11.3 Å². The van der Waals surface area contributed by atoms with Gasteiger partial charge in [0.25, 0.3) is 5.91 Å². The van der Waals surface area contributed by atoms with Crippen molar-refractivity contribution >= 4 is 34.6 Å². The number of carbonyl (C=O) groups is 3. The van der Waals surface area contributed by atoms with Crippen LogP contribution in [0.1, 0.15) is 70.4 Å². The van der Waals surface area contributed by atoms with Crippen LogP contribution in [0.3, 0.4) is 0 Å². The van der Waals surface area contributed by atoms with Crippen molar-refractivity contribution in [1.29, 1.82) is 0 Å². The summed E-state index contributed by atoms with van der Waals surface area (Å²) in [5.74, 6) is -1.46. The van der Waals surface area contributed by atoms with Crippen LogP contribution in [0.4, 0.5) is 5.69 Å². The Bertz CT molecular complexity index is 1630. The number of ketones is 1. The molecule has 2 amide bonds. The van der Waals surface area contributed by atoms with Gasteiger partial charge in [-0.3, -0.25) is 24.0 Å². The minimum absolute atomic E-state index is 0.0308. The first kappa shape index (κ1) is 30.8. The maximum absolute atomic E-state index is 13.9. The van der Waals surface area contributed by atoms with E-state index in [1.807, 2.05) is 42.5 Å². The average molecular weight is 628 g/mol. The summed E-state index contributed by atoms with van der Waals surface area (Å²) in [4.78, 5) is 49.8. The van der Waals surface area contributed by atoms with E-state index in [0.29, 0.717) is 62.8 Å². The van der Waals surface area contributed by atoms with E-state index in [-0.39, 0.29) is 35.5 Å². The molecule has 3 aromatic heterocycles. The van der Waals surface area contributed by atoms with Gasteiger partial charge in [0.1, 0.15) is 10.7 Å². The second-order valence-corrected chi connectivity index (χ2v) is 12.3. The molecule has 0 saturated carbocycles. The van der Waals surface area contributed by atoms with Crippen molar-refractivity contribution in [3.8, 4) is 10.6 Å². The molecule has 1 unspecified atom stereocenters. The molecule has 0 radical (unpaired) electrons. The number of hydrogen-bond donors (Lipinski definition) is 3. The van der Waals surface area contributed by atoms with Crippen molar-refractivity contribution in [3.63, 3.8) is 0 Å². The predicted molar refractivity (Wildman–Crippen MR) is 171 cm³/mol. The number of ether oxygens (including phenoxy) is 1. The number of fused-ring (bicyclic) bond motifs is 6. The lowest BCUT2D eigenvalue weighted by atomic mass is 9.95. The largest absolute Gasteiger partial charge is 0.381 e. The predicted octanol–water partition coefficient (Wildman–Crippen LogP) is 4.44. The summed E-state index contributed by atoms with van der Waals surface area (Å²) in [5.41, 5.74) is 3.63. The number of benzene rings is 1. The fourth-order valence-electron chi connectivity index (χ4n) is 5.65. The Labute approximate surface area is 265 Å². The lowest BCUT2D eigenvalue weighted by molar-refractivity contribution is -0.125. The van der Waals surface area contributed by atoms with Crippen molar-refractivity contribution in [2.45, 2.75) is 51.1 Å². The number of rotatable bonds is 6. The number of aromatic nitrogens is 4. The van der Waals surface area contributed by atoms with Gasteiger partial charge >= 0.3 is 0 Å². The monoisotopic (exact) mass is 627 g/mol. The third kappa shape index (κ3) is 7.88. The van der Waals surface area contributed by atoms with Crippen LogP contribution < -0.4 is 16.0 Å². The number of nitrogens with zero attached hydrogens (tertiary/aromatic N) is 4. The van der Waals surface area contributed by atoms with Crippen molar-refractivity contribution in [1.82, 2.24) is 30.4 Å². The molecular formula is C33H37N7O4S. The third-order valence-corrected chi connectivity index (χ3v) is 9.05. The molecule has 1 fully saturated rings. The molecule has 1 aromatic carbocycles. The zero-order valence-corrected chi connectivity index (χ0v) is 25.9. The van der Waals surface area contributed by atoms with Gasteiger partial charge in [-0.25, -0.2) is 4.98 Å². The van der Waals surface area contributed by atoms with Crippen molar-refractivity contribution in [2.75, 3.05) is 31.6 Å². The van der Waals surface area contributed by atoms with Crippen LogP contribution in [0, 0.1) is 5.92 Å². The average Bonchev–Trinajstić information content (AvgIpc) is 3.74. The number of nitrogens with one attached hydrogen (secondary N) is 3. The fraction of sp³-hybridized carbons (Fsp3) is 0.394. The summed E-state index contributed by atoms with van der Waals surface area (Å²) in [7, 11) is 0. The molecule has 2 aliphatic heterocycles. The summed E-state index contributed by atoms with van der Waals surface area (Å²) in [6, 6.07) is 13.9. The number of thiazole rings is 1. The zero-order valence-electron chi connectivity index (χ0n) is 25.0. The summed E-state index contributed by atoms with van der Waals surface area (Å²) in [6.45, 7) is 2.90. The third-order valence-electron chi connectivity index (χ3n) is 8.16. The summed E-state index contributed by atoms with van der Waals surface area (Å²) in [6.07, 6.45) is 6.77. The molecule has 0 aliphatic carbocycles. The maximum atomic E-state index is 13.9. The van der Waals surface area contributed by atoms with E-state index in [9.17, 15) is 14.4 Å². The second kappa shape index (κ2) is 14.7. The van der Waals surface area contributed by atoms with Crippen molar-refractivity contribution in [2.24, 2.45) is 5.92 Å². The molecule has 234 valence electrons. The molecule has 2 aliphatic rings. The van der Waals surface area contributed by atoms with E-state index in [1.54, 1.807) is 22.5 Å². The van der Waals surface area contributed by atoms with Crippen LogP contribution in [-0.2, 0) is 22.5 Å². The number of carbonyl (C=O) groups excluding carboxylic acids is 3. The van der Waals surface area contributed by atoms with Gasteiger partial charge in [-0.1, -0.05) is 30.3 Å². The van der Waals surface area contributed by atoms with Gasteiger partial charge in [-0.15, -0.1) is 11.3 Å². The maximum Gasteiger partial charge on any atom is 0.275 e. The Morgan fingerprint density at radius 3 is 2.78 bits per heavy atom. The second-order valence-electron chi connectivity index (χ2n) is 11.4. The molecule has 4 aromatic rings. The zero-order chi connectivity index (χ0) is 31.0. The number of anilines is 1. The Kier molecular flexibility index (Phi) is 10.0. The van der Waals surface area contributed by atoms with E-state index in [2.05, 4.69) is 31.0 Å². The number of Topliss-reactive ketones (excluding diaryl/α,β-unsaturated/α-hetero) is 1. The first-order chi connectivity index (χ1) is 22.0. The highest BCUT2D eigenvalue weighted by Crippen LogP contribution is 2.28. The van der Waals surface area contributed by atoms with Crippen LogP contribution in [0.5, 0.6) is 0 Å². The molecule has 12 heteroatoms. The van der Waals surface area contributed by atoms with Gasteiger partial charge < -0.3 is 20.7 Å². The van der Waals surface area contributed by atoms with E-state index < -0.39 is 11.8 Å². The van der Waals surface area contributed by atoms with E-state index >= 15 is 0 Å². The molecular weight excluding hydrogens is 590 g/mol. The van der Waals surface area contributed by atoms with Gasteiger partial charge in [0.05, 0.1) is 11.7 Å². The van der Waals surface area contributed by atoms with Crippen LogP contribution in [0.25, 0.3) is 10.6 Å². The van der Waals surface area contributed by atoms with E-state index in [0.717, 1.165) is 29.7 Å². The summed E-state index contributed by atoms with van der Waals surface area (Å²) < 4.78 is 7.28. The number of hydrogen-bond acceptors (Lipinski definition) is 9. The van der Waals surface area contributed by atoms with Gasteiger partial charge in [0.2, 0.25) is 5.91 Å². The Hall–Kier alpha value is -4.26. The molecule has 4 bridgehead atoms. The van der Waals surface area contributed by atoms with Crippen LogP contribution in [0.15, 0.2) is 60.2 Å². The summed E-state index contributed by atoms with van der Waals surface area (Å²) >= 11 is 1.38. The molecule has 1 atom stereocenters. The highest BCUT2D eigenvalue weighted by Gasteiger charge is 2.28. The van der Waals surface area contributed by atoms with Gasteiger partial charge in [0.15, 0.2) is 11.5 Å². The minimum atomic E-state index is -0.570. The van der Waals surface area contributed by atoms with Gasteiger partial charge in [0, 0.05) is 67.7 Å². The molecule has 0 spiro atoms. The Morgan fingerprint density at radius 1 is 1.09 bits per heavy atom. The van der Waals surface area contributed by atoms with E-state index in [4.69, 9.17) is 4.74 Å². The highest BCUT2D eigenvalue weighted by molar-refractivity contribution is 7.13. The minimum Gasteiger partial charge on any atom is -0.381 e. The molecule has 5 heterocycles. The van der Waals surface area contributed by atoms with Crippen molar-refractivity contribution < 1.29 is 19.1 Å². The topological polar surface area (TPSA) is 140 Å². The van der Waals surface area contributed by atoms with Gasteiger partial charge in [-0.2, -0.15) is 5.10 Å². The van der Waals surface area contributed by atoms with Gasteiger partial charge in [-0.05, 0) is 56.3 Å². The van der Waals surface area contributed by atoms with Crippen LogP contribution >= 0.6 is 11.3 Å². The summed E-state index contributed by atoms with van der Waals surface area (Å²) in [5, 5.41) is 16.4. The smallest absolute Gasteiger partial charge is 0.275 e.